The third-order valence-corrected chi connectivity index (χ3v) is 3.07. The molecule has 0 saturated heterocycles. The van der Waals surface area contributed by atoms with E-state index in [1.54, 1.807) is 12.1 Å². The van der Waals surface area contributed by atoms with Gasteiger partial charge in [0.05, 0.1) is 10.5 Å². The predicted octanol–water partition coefficient (Wildman–Crippen LogP) is 1.32. The van der Waals surface area contributed by atoms with Crippen LogP contribution in [-0.2, 0) is 9.84 Å². The molecule has 0 heterocycles. The Hall–Kier alpha value is -1.74. The van der Waals surface area contributed by atoms with Crippen LogP contribution in [0.2, 0.25) is 0 Å². The van der Waals surface area contributed by atoms with Gasteiger partial charge in [0.25, 0.3) is 0 Å². The van der Waals surface area contributed by atoms with Gasteiger partial charge in [-0.2, -0.15) is 10.4 Å². The molecule has 0 aliphatic rings. The Morgan fingerprint density at radius 2 is 2.07 bits per heavy atom. The predicted molar refractivity (Wildman–Crippen MR) is 48.4 cm³/mol. The van der Waals surface area contributed by atoms with Crippen molar-refractivity contribution in [2.45, 2.75) is 4.90 Å². The molecule has 0 bridgehead atoms. The fourth-order valence-corrected chi connectivity index (χ4v) is 2.03. The fourth-order valence-electron chi connectivity index (χ4n) is 0.985. The summed E-state index contributed by atoms with van der Waals surface area (Å²) in [6.45, 7) is 0. The normalized spacial score (nSPS) is 10.5. The van der Waals surface area contributed by atoms with Crippen LogP contribution in [-0.4, -0.2) is 14.3 Å². The van der Waals surface area contributed by atoms with Crippen molar-refractivity contribution in [3.05, 3.63) is 29.8 Å². The van der Waals surface area contributed by atoms with Crippen LogP contribution < -0.4 is 0 Å². The summed E-state index contributed by atoms with van der Waals surface area (Å²) in [6, 6.07) is 7.63. The van der Waals surface area contributed by atoms with Crippen molar-refractivity contribution in [2.75, 3.05) is 5.88 Å². The summed E-state index contributed by atoms with van der Waals surface area (Å²) in [5.74, 6) is -0.619. The van der Waals surface area contributed by atoms with E-state index in [2.05, 4.69) is 5.11 Å². The number of nitrogens with zero attached hydrogens (tertiary/aromatic N) is 2. The van der Waals surface area contributed by atoms with E-state index in [0.29, 0.717) is 0 Å². The van der Waals surface area contributed by atoms with Crippen LogP contribution in [0, 0.1) is 16.9 Å². The molecule has 0 aromatic heterocycles. The van der Waals surface area contributed by atoms with Crippen molar-refractivity contribution in [1.29, 1.82) is 10.8 Å². The van der Waals surface area contributed by atoms with Crippen LogP contribution in [0.15, 0.2) is 34.3 Å². The highest BCUT2D eigenvalue weighted by atomic mass is 32.2. The Labute approximate surface area is 81.4 Å². The third kappa shape index (κ3) is 1.95. The summed E-state index contributed by atoms with van der Waals surface area (Å²) in [5.41, 5.74) is 6.58. The molecule has 1 rings (SSSR count). The summed E-state index contributed by atoms with van der Waals surface area (Å²) in [5, 5.41) is 11.5. The molecule has 1 N–H and O–H groups in total. The average molecular weight is 209 g/mol. The van der Waals surface area contributed by atoms with Crippen LogP contribution in [0.25, 0.3) is 0 Å². The Bertz CT molecular complexity index is 488. The number of nitriles is 1. The van der Waals surface area contributed by atoms with Crippen molar-refractivity contribution in [3.63, 3.8) is 0 Å². The van der Waals surface area contributed by atoms with Crippen molar-refractivity contribution >= 4 is 9.84 Å². The molecular weight excluding hydrogens is 202 g/mol. The van der Waals surface area contributed by atoms with E-state index in [0.717, 1.165) is 0 Å². The lowest BCUT2D eigenvalue weighted by atomic mass is 10.2. The van der Waals surface area contributed by atoms with Gasteiger partial charge in [-0.05, 0) is 12.1 Å². The van der Waals surface area contributed by atoms with Gasteiger partial charge in [-0.1, -0.05) is 12.1 Å². The first-order valence-corrected chi connectivity index (χ1v) is 5.32. The maximum atomic E-state index is 11.4. The maximum absolute atomic E-state index is 11.4. The zero-order chi connectivity index (χ0) is 10.6. The number of nitrogens with one attached hydrogen (secondary N) is 1. The minimum Gasteiger partial charge on any atom is -0.222 e. The molecule has 0 fully saturated rings. The first-order chi connectivity index (χ1) is 6.61. The van der Waals surface area contributed by atoms with Crippen LogP contribution in [0.3, 0.4) is 0 Å². The standard InChI is InChI=1S/C8H7N3O2S/c9-5-7-3-1-2-4-8(7)14(12,13)6-11-10/h1-4,10H,6H2. The quantitative estimate of drug-likeness (QED) is 0.760. The molecule has 72 valence electrons. The zero-order valence-electron chi connectivity index (χ0n) is 7.14. The molecule has 0 saturated carbocycles. The monoisotopic (exact) mass is 209 g/mol. The maximum Gasteiger partial charge on any atom is 0.201 e. The first-order valence-electron chi connectivity index (χ1n) is 3.67. The van der Waals surface area contributed by atoms with Crippen molar-refractivity contribution in [2.24, 2.45) is 5.11 Å². The highest BCUT2D eigenvalue weighted by Gasteiger charge is 2.17. The topological polar surface area (TPSA) is 94.1 Å². The summed E-state index contributed by atoms with van der Waals surface area (Å²) in [6.07, 6.45) is 0. The van der Waals surface area contributed by atoms with E-state index in [9.17, 15) is 8.42 Å². The first kappa shape index (κ1) is 10.3. The number of benzene rings is 1. The lowest BCUT2D eigenvalue weighted by molar-refractivity contribution is 0.594. The molecule has 1 aromatic carbocycles. The van der Waals surface area contributed by atoms with Crippen LogP contribution in [0.4, 0.5) is 0 Å². The second-order valence-corrected chi connectivity index (χ2v) is 4.44. The summed E-state index contributed by atoms with van der Waals surface area (Å²) in [4.78, 5) is -0.0708. The van der Waals surface area contributed by atoms with E-state index in [1.165, 1.54) is 18.2 Å². The number of hydrogen-bond donors (Lipinski definition) is 1. The molecule has 0 aliphatic heterocycles. The Morgan fingerprint density at radius 1 is 1.43 bits per heavy atom. The van der Waals surface area contributed by atoms with Gasteiger partial charge >= 0.3 is 0 Å². The smallest absolute Gasteiger partial charge is 0.201 e. The largest absolute Gasteiger partial charge is 0.222 e. The molecule has 0 spiro atoms. The molecule has 0 radical (unpaired) electrons. The Kier molecular flexibility index (Phi) is 2.94. The van der Waals surface area contributed by atoms with E-state index in [1.807, 2.05) is 0 Å². The zero-order valence-corrected chi connectivity index (χ0v) is 7.95. The lowest BCUT2D eigenvalue weighted by Crippen LogP contribution is -2.06. The van der Waals surface area contributed by atoms with Crippen molar-refractivity contribution in [1.82, 2.24) is 0 Å². The third-order valence-electron chi connectivity index (χ3n) is 1.58. The van der Waals surface area contributed by atoms with E-state index in [-0.39, 0.29) is 10.5 Å². The Morgan fingerprint density at radius 3 is 2.64 bits per heavy atom. The molecule has 0 amide bonds. The van der Waals surface area contributed by atoms with Gasteiger partial charge < -0.3 is 0 Å². The van der Waals surface area contributed by atoms with Crippen molar-refractivity contribution < 1.29 is 8.42 Å². The molecule has 5 nitrogen and oxygen atoms in total. The van der Waals surface area contributed by atoms with Gasteiger partial charge in [0.15, 0.2) is 5.88 Å². The fraction of sp³-hybridized carbons (Fsp3) is 0.125. The average Bonchev–Trinajstić information content (AvgIpc) is 2.18. The van der Waals surface area contributed by atoms with Crippen LogP contribution in [0.1, 0.15) is 5.56 Å². The molecule has 0 aliphatic carbocycles. The highest BCUT2D eigenvalue weighted by Crippen LogP contribution is 2.15. The molecule has 6 heteroatoms. The molecule has 0 atom stereocenters. The van der Waals surface area contributed by atoms with E-state index in [4.69, 9.17) is 10.8 Å². The molecule has 1 aromatic rings. The van der Waals surface area contributed by atoms with Gasteiger partial charge in [0.2, 0.25) is 9.84 Å². The minimum atomic E-state index is -3.63. The SMILES string of the molecule is N#Cc1ccccc1S(=O)(=O)CN=N. The van der Waals surface area contributed by atoms with Gasteiger partial charge in [-0.3, -0.25) is 0 Å². The van der Waals surface area contributed by atoms with Crippen LogP contribution >= 0.6 is 0 Å². The summed E-state index contributed by atoms with van der Waals surface area (Å²) >= 11 is 0. The molecular formula is C8H7N3O2S. The highest BCUT2D eigenvalue weighted by molar-refractivity contribution is 7.91. The second-order valence-electron chi connectivity index (χ2n) is 2.51. The Balaban J connectivity index is 3.34. The summed E-state index contributed by atoms with van der Waals surface area (Å²) in [7, 11) is -3.63. The number of hydrogen-bond acceptors (Lipinski definition) is 5. The van der Waals surface area contributed by atoms with Crippen LogP contribution in [0.5, 0.6) is 0 Å². The molecule has 0 unspecified atom stereocenters. The van der Waals surface area contributed by atoms with E-state index < -0.39 is 15.7 Å². The number of sulfone groups is 1. The lowest BCUT2D eigenvalue weighted by Gasteiger charge is -2.01. The van der Waals surface area contributed by atoms with Gasteiger partial charge in [-0.15, -0.1) is 0 Å². The van der Waals surface area contributed by atoms with E-state index >= 15 is 0 Å². The van der Waals surface area contributed by atoms with Gasteiger partial charge in [-0.25, -0.2) is 13.9 Å². The van der Waals surface area contributed by atoms with Crippen molar-refractivity contribution in [3.8, 4) is 6.07 Å². The number of rotatable bonds is 3. The summed E-state index contributed by atoms with van der Waals surface area (Å²) < 4.78 is 22.9. The minimum absolute atomic E-state index is 0.0708. The van der Waals surface area contributed by atoms with Gasteiger partial charge in [0.1, 0.15) is 6.07 Å². The molecule has 14 heavy (non-hydrogen) atoms. The second kappa shape index (κ2) is 3.98. The van der Waals surface area contributed by atoms with Gasteiger partial charge in [0, 0.05) is 0 Å².